The second-order valence-corrected chi connectivity index (χ2v) is 8.66. The lowest BCUT2D eigenvalue weighted by atomic mass is 9.92. The molecule has 0 radical (unpaired) electrons. The van der Waals surface area contributed by atoms with Crippen molar-refractivity contribution in [2.75, 3.05) is 13.2 Å². The van der Waals surface area contributed by atoms with E-state index >= 15 is 0 Å². The minimum absolute atomic E-state index is 0.0472. The van der Waals surface area contributed by atoms with Crippen LogP contribution in [0.3, 0.4) is 0 Å². The van der Waals surface area contributed by atoms with Crippen LogP contribution in [0.4, 0.5) is 26.3 Å². The number of hydrogen-bond donors (Lipinski definition) is 2. The number of aliphatic hydroxyl groups is 2. The maximum Gasteiger partial charge on any atom is 0.430 e. The minimum atomic E-state index is -6.05. The number of benzene rings is 2. The number of halogens is 6. The summed E-state index contributed by atoms with van der Waals surface area (Å²) in [6.45, 7) is 1.45. The van der Waals surface area contributed by atoms with Crippen LogP contribution in [0.1, 0.15) is 22.6 Å². The van der Waals surface area contributed by atoms with Gasteiger partial charge < -0.3 is 14.9 Å². The van der Waals surface area contributed by atoms with Crippen molar-refractivity contribution >= 4 is 10.9 Å². The highest BCUT2D eigenvalue weighted by Crippen LogP contribution is 2.50. The van der Waals surface area contributed by atoms with Gasteiger partial charge in [-0.3, -0.25) is 14.3 Å². The lowest BCUT2D eigenvalue weighted by Gasteiger charge is -2.32. The smallest absolute Gasteiger partial charge is 0.430 e. The number of pyridine rings is 1. The number of hydrogen-bond acceptors (Lipinski definition) is 6. The van der Waals surface area contributed by atoms with Crippen molar-refractivity contribution in [2.24, 2.45) is 0 Å². The molecule has 0 amide bonds. The molecule has 2 heterocycles. The van der Waals surface area contributed by atoms with Gasteiger partial charge in [0.05, 0.1) is 23.2 Å². The number of aliphatic hydroxyl groups excluding tert-OH is 1. The summed E-state index contributed by atoms with van der Waals surface area (Å²) in [6.07, 6.45) is -10.5. The highest BCUT2D eigenvalue weighted by molar-refractivity contribution is 5.79. The Morgan fingerprint density at radius 2 is 1.62 bits per heavy atom. The summed E-state index contributed by atoms with van der Waals surface area (Å²) in [5.74, 6) is 0.380. The molecule has 7 nitrogen and oxygen atoms in total. The van der Waals surface area contributed by atoms with Gasteiger partial charge in [-0.2, -0.15) is 26.3 Å². The summed E-state index contributed by atoms with van der Waals surface area (Å²) in [5.41, 5.74) is -5.68. The van der Waals surface area contributed by atoms with Gasteiger partial charge in [0.25, 0.3) is 11.2 Å². The highest BCUT2D eigenvalue weighted by atomic mass is 19.4. The van der Waals surface area contributed by atoms with Gasteiger partial charge in [0.15, 0.2) is 0 Å². The summed E-state index contributed by atoms with van der Waals surface area (Å²) in [4.78, 5) is 22.3. The van der Waals surface area contributed by atoms with Gasteiger partial charge >= 0.3 is 12.4 Å². The predicted molar refractivity (Wildman–Crippen MR) is 128 cm³/mol. The second-order valence-electron chi connectivity index (χ2n) is 8.66. The Morgan fingerprint density at radius 1 is 0.949 bits per heavy atom. The molecule has 2 aromatic carbocycles. The summed E-state index contributed by atoms with van der Waals surface area (Å²) in [7, 11) is 0. The highest BCUT2D eigenvalue weighted by Gasteiger charge is 2.71. The normalized spacial score (nSPS) is 12.6. The SMILES string of the molecule is Cc1ccc(Cc2nc3ccc(OCCO)cc3c(=O)n2-c2ccc(C(O)(C(F)(F)F)C(F)(F)F)cc2)cn1. The molecule has 0 bridgehead atoms. The standard InChI is InChI=1S/C26H21F6N3O4/c1-15-2-3-16(14-33-15)12-22-34-21-9-8-19(39-11-10-36)13-20(21)23(37)35(22)18-6-4-17(5-7-18)24(38,25(27,28)29)26(30,31)32/h2-9,13-14,36,38H,10-12H2,1H3. The number of rotatable bonds is 7. The second kappa shape index (κ2) is 10.3. The lowest BCUT2D eigenvalue weighted by molar-refractivity contribution is -0.376. The topological polar surface area (TPSA) is 97.5 Å². The van der Waals surface area contributed by atoms with E-state index in [-0.39, 0.29) is 47.8 Å². The Balaban J connectivity index is 1.89. The van der Waals surface area contributed by atoms with Crippen LogP contribution in [-0.2, 0) is 12.0 Å². The third-order valence-corrected chi connectivity index (χ3v) is 5.97. The van der Waals surface area contributed by atoms with E-state index in [1.165, 1.54) is 18.2 Å². The maximum atomic E-state index is 13.6. The van der Waals surface area contributed by atoms with Crippen molar-refractivity contribution in [3.63, 3.8) is 0 Å². The molecule has 0 aliphatic rings. The third-order valence-electron chi connectivity index (χ3n) is 5.97. The molecule has 13 heteroatoms. The zero-order valence-corrected chi connectivity index (χ0v) is 20.2. The summed E-state index contributed by atoms with van der Waals surface area (Å²) < 4.78 is 86.4. The molecule has 39 heavy (non-hydrogen) atoms. The van der Waals surface area contributed by atoms with Crippen molar-refractivity contribution in [3.8, 4) is 11.4 Å². The van der Waals surface area contributed by atoms with E-state index in [2.05, 4.69) is 9.97 Å². The summed E-state index contributed by atoms with van der Waals surface area (Å²) >= 11 is 0. The number of aryl methyl sites for hydroxylation is 1. The first-order valence-electron chi connectivity index (χ1n) is 11.4. The van der Waals surface area contributed by atoms with Gasteiger partial charge in [0.2, 0.25) is 0 Å². The van der Waals surface area contributed by atoms with Crippen molar-refractivity contribution in [3.05, 3.63) is 93.8 Å². The van der Waals surface area contributed by atoms with Gasteiger partial charge in [-0.05, 0) is 48.9 Å². The van der Waals surface area contributed by atoms with Crippen LogP contribution in [0.15, 0.2) is 65.6 Å². The van der Waals surface area contributed by atoms with Crippen LogP contribution in [0.2, 0.25) is 0 Å². The van der Waals surface area contributed by atoms with Gasteiger partial charge in [0, 0.05) is 23.9 Å². The monoisotopic (exact) mass is 553 g/mol. The fourth-order valence-electron chi connectivity index (χ4n) is 3.97. The average Bonchev–Trinajstić information content (AvgIpc) is 2.87. The molecule has 0 aliphatic heterocycles. The molecule has 0 saturated heterocycles. The van der Waals surface area contributed by atoms with Crippen molar-refractivity contribution in [2.45, 2.75) is 31.3 Å². The van der Waals surface area contributed by atoms with Crippen molar-refractivity contribution in [1.82, 2.24) is 14.5 Å². The molecule has 0 spiro atoms. The largest absolute Gasteiger partial charge is 0.491 e. The van der Waals surface area contributed by atoms with Crippen LogP contribution in [-0.4, -0.2) is 50.3 Å². The molecule has 4 aromatic rings. The van der Waals surface area contributed by atoms with E-state index in [0.29, 0.717) is 17.7 Å². The first-order chi connectivity index (χ1) is 18.3. The number of ether oxygens (including phenoxy) is 1. The molecular formula is C26H21F6N3O4. The molecule has 0 fully saturated rings. The van der Waals surface area contributed by atoms with Crippen LogP contribution in [0.5, 0.6) is 5.75 Å². The van der Waals surface area contributed by atoms with Crippen LogP contribution < -0.4 is 10.3 Å². The molecule has 4 rings (SSSR count). The summed E-state index contributed by atoms with van der Waals surface area (Å²) in [5, 5.41) is 18.8. The van der Waals surface area contributed by atoms with Gasteiger partial charge in [-0.25, -0.2) is 4.98 Å². The van der Waals surface area contributed by atoms with E-state index in [1.54, 1.807) is 25.3 Å². The Morgan fingerprint density at radius 3 is 2.18 bits per heavy atom. The quantitative estimate of drug-likeness (QED) is 0.330. The Hall–Kier alpha value is -3.97. The first kappa shape index (κ1) is 28.0. The van der Waals surface area contributed by atoms with Crippen LogP contribution >= 0.6 is 0 Å². The van der Waals surface area contributed by atoms with E-state index in [1.807, 2.05) is 0 Å². The molecule has 0 saturated carbocycles. The number of aromatic nitrogens is 3. The molecule has 2 aromatic heterocycles. The molecule has 2 N–H and O–H groups in total. The maximum absolute atomic E-state index is 13.6. The minimum Gasteiger partial charge on any atom is -0.491 e. The summed E-state index contributed by atoms with van der Waals surface area (Å²) in [6, 6.07) is 10.6. The van der Waals surface area contributed by atoms with E-state index in [9.17, 15) is 36.2 Å². The molecular weight excluding hydrogens is 532 g/mol. The molecule has 0 aliphatic carbocycles. The lowest BCUT2D eigenvalue weighted by Crippen LogP contribution is -2.53. The van der Waals surface area contributed by atoms with Crippen molar-refractivity contribution < 1.29 is 41.3 Å². The molecule has 206 valence electrons. The fraction of sp³-hybridized carbons (Fsp3) is 0.269. The Labute approximate surface area is 217 Å². The third kappa shape index (κ3) is 5.32. The molecule has 0 unspecified atom stereocenters. The predicted octanol–water partition coefficient (Wildman–Crippen LogP) is 4.36. The Kier molecular flexibility index (Phi) is 7.41. The van der Waals surface area contributed by atoms with Crippen LogP contribution in [0.25, 0.3) is 16.6 Å². The van der Waals surface area contributed by atoms with E-state index in [0.717, 1.165) is 22.4 Å². The van der Waals surface area contributed by atoms with Crippen molar-refractivity contribution in [1.29, 1.82) is 0 Å². The average molecular weight is 553 g/mol. The number of nitrogens with zero attached hydrogens (tertiary/aromatic N) is 3. The van der Waals surface area contributed by atoms with Gasteiger partial charge in [0.1, 0.15) is 18.2 Å². The molecule has 0 atom stereocenters. The van der Waals surface area contributed by atoms with E-state index < -0.39 is 29.1 Å². The number of fused-ring (bicyclic) bond motifs is 1. The fourth-order valence-corrected chi connectivity index (χ4v) is 3.97. The van der Waals surface area contributed by atoms with Crippen LogP contribution in [0, 0.1) is 6.92 Å². The van der Waals surface area contributed by atoms with Gasteiger partial charge in [-0.15, -0.1) is 0 Å². The first-order valence-corrected chi connectivity index (χ1v) is 11.4. The van der Waals surface area contributed by atoms with Gasteiger partial charge in [-0.1, -0.05) is 18.2 Å². The Bertz CT molecular complexity index is 1520. The van der Waals surface area contributed by atoms with E-state index in [4.69, 9.17) is 9.84 Å². The zero-order chi connectivity index (χ0) is 28.6. The number of alkyl halides is 6. The zero-order valence-electron chi connectivity index (χ0n) is 20.2.